The largest absolute Gasteiger partial charge is 0.376 e. The summed E-state index contributed by atoms with van der Waals surface area (Å²) < 4.78 is 13.3. The molecule has 0 heterocycles. The van der Waals surface area contributed by atoms with Gasteiger partial charge in [-0.05, 0) is 18.8 Å². The Morgan fingerprint density at radius 2 is 2.33 bits per heavy atom. The van der Waals surface area contributed by atoms with Gasteiger partial charge in [0, 0.05) is 18.2 Å². The van der Waals surface area contributed by atoms with Gasteiger partial charge < -0.3 is 5.32 Å². The summed E-state index contributed by atoms with van der Waals surface area (Å²) in [5.74, 6) is -0.106. The van der Waals surface area contributed by atoms with Crippen LogP contribution in [0.3, 0.4) is 0 Å². The number of nitrogens with one attached hydrogen (secondary N) is 1. The maximum absolute atomic E-state index is 13.3. The highest BCUT2D eigenvalue weighted by molar-refractivity contribution is 6.31. The zero-order chi connectivity index (χ0) is 13.3. The summed E-state index contributed by atoms with van der Waals surface area (Å²) in [6.45, 7) is 2.10. The van der Waals surface area contributed by atoms with Gasteiger partial charge in [0.15, 0.2) is 0 Å². The molecule has 2 atom stereocenters. The normalized spacial score (nSPS) is 21.7. The van der Waals surface area contributed by atoms with Crippen molar-refractivity contribution >= 4 is 23.0 Å². The minimum atomic E-state index is -0.641. The molecule has 0 bridgehead atoms. The lowest BCUT2D eigenvalue weighted by Crippen LogP contribution is -2.07. The van der Waals surface area contributed by atoms with Gasteiger partial charge in [-0.25, -0.2) is 4.39 Å². The van der Waals surface area contributed by atoms with E-state index in [1.807, 2.05) is 0 Å². The van der Waals surface area contributed by atoms with Crippen LogP contribution in [0.1, 0.15) is 26.2 Å². The Balaban J connectivity index is 2.17. The molecule has 2 unspecified atom stereocenters. The molecule has 1 fully saturated rings. The maximum atomic E-state index is 13.3. The van der Waals surface area contributed by atoms with Gasteiger partial charge in [-0.3, -0.25) is 10.1 Å². The Labute approximate surface area is 109 Å². The topological polar surface area (TPSA) is 55.2 Å². The smallest absolute Gasteiger partial charge is 0.294 e. The lowest BCUT2D eigenvalue weighted by molar-refractivity contribution is -0.384. The monoisotopic (exact) mass is 272 g/mol. The average Bonchev–Trinajstić information content (AvgIpc) is 3.01. The number of hydrogen-bond donors (Lipinski definition) is 1. The van der Waals surface area contributed by atoms with Gasteiger partial charge in [-0.15, -0.1) is 0 Å². The van der Waals surface area contributed by atoms with Gasteiger partial charge >= 0.3 is 0 Å². The van der Waals surface area contributed by atoms with Gasteiger partial charge in [0.1, 0.15) is 11.5 Å². The molecular weight excluding hydrogens is 259 g/mol. The van der Waals surface area contributed by atoms with E-state index < -0.39 is 10.7 Å². The highest BCUT2D eigenvalue weighted by Crippen LogP contribution is 2.40. The molecular formula is C12H14ClFN2O2. The highest BCUT2D eigenvalue weighted by Gasteiger charge is 2.37. The third-order valence-electron chi connectivity index (χ3n) is 3.16. The second kappa shape index (κ2) is 5.10. The van der Waals surface area contributed by atoms with Crippen LogP contribution in [-0.2, 0) is 0 Å². The van der Waals surface area contributed by atoms with Crippen LogP contribution in [0.5, 0.6) is 0 Å². The molecule has 0 aromatic heterocycles. The van der Waals surface area contributed by atoms with Crippen LogP contribution < -0.4 is 5.32 Å². The molecule has 98 valence electrons. The van der Waals surface area contributed by atoms with Crippen LogP contribution in [0, 0.1) is 21.8 Å². The molecule has 4 nitrogen and oxygen atoms in total. The number of nitro benzene ring substituents is 1. The predicted octanol–water partition coefficient (Wildman–Crippen LogP) is 3.99. The molecule has 6 heteroatoms. The van der Waals surface area contributed by atoms with Gasteiger partial charge in [-0.2, -0.15) is 0 Å². The van der Waals surface area contributed by atoms with E-state index in [2.05, 4.69) is 12.2 Å². The molecule has 1 N–H and O–H groups in total. The van der Waals surface area contributed by atoms with E-state index in [1.54, 1.807) is 0 Å². The number of halogens is 2. The van der Waals surface area contributed by atoms with Crippen LogP contribution in [0.15, 0.2) is 12.1 Å². The molecule has 0 radical (unpaired) electrons. The molecule has 0 amide bonds. The lowest BCUT2D eigenvalue weighted by atomic mass is 10.2. The fourth-order valence-corrected chi connectivity index (χ4v) is 2.27. The fraction of sp³-hybridized carbons (Fsp3) is 0.500. The summed E-state index contributed by atoms with van der Waals surface area (Å²) in [5, 5.41) is 13.7. The summed E-state index contributed by atoms with van der Waals surface area (Å²) in [4.78, 5) is 10.3. The third kappa shape index (κ3) is 2.72. The van der Waals surface area contributed by atoms with Crippen LogP contribution >= 0.6 is 11.6 Å². The van der Waals surface area contributed by atoms with E-state index in [0.29, 0.717) is 5.92 Å². The van der Waals surface area contributed by atoms with Crippen molar-refractivity contribution in [3.63, 3.8) is 0 Å². The summed E-state index contributed by atoms with van der Waals surface area (Å²) in [5.41, 5.74) is 0.0362. The molecule has 1 aromatic carbocycles. The van der Waals surface area contributed by atoms with Crippen LogP contribution in [0.25, 0.3) is 0 Å². The average molecular weight is 273 g/mol. The number of anilines is 1. The Hall–Kier alpha value is -1.36. The van der Waals surface area contributed by atoms with Crippen molar-refractivity contribution in [3.8, 4) is 0 Å². The first-order valence-corrected chi connectivity index (χ1v) is 6.30. The molecule has 18 heavy (non-hydrogen) atoms. The quantitative estimate of drug-likeness (QED) is 0.651. The molecule has 1 aliphatic rings. The van der Waals surface area contributed by atoms with Crippen LogP contribution in [0.2, 0.25) is 5.02 Å². The second-order valence-electron chi connectivity index (χ2n) is 4.58. The number of hydrogen-bond acceptors (Lipinski definition) is 3. The van der Waals surface area contributed by atoms with Crippen molar-refractivity contribution in [1.82, 2.24) is 0 Å². The SMILES string of the molecule is CCCC1CC1Nc1cc(F)c(Cl)cc1[N+](=O)[O-]. The van der Waals surface area contributed by atoms with Crippen molar-refractivity contribution in [3.05, 3.63) is 33.1 Å². The van der Waals surface area contributed by atoms with Gasteiger partial charge in [0.25, 0.3) is 5.69 Å². The number of nitrogens with zero attached hydrogens (tertiary/aromatic N) is 1. The molecule has 0 saturated heterocycles. The van der Waals surface area contributed by atoms with E-state index in [0.717, 1.165) is 31.4 Å². The maximum Gasteiger partial charge on any atom is 0.294 e. The standard InChI is InChI=1S/C12H14ClFN2O2/c1-2-3-7-4-10(7)15-11-6-9(14)8(13)5-12(11)16(17)18/h5-7,10,15H,2-4H2,1H3. The van der Waals surface area contributed by atoms with Crippen molar-refractivity contribution in [2.75, 3.05) is 5.32 Å². The number of benzene rings is 1. The lowest BCUT2D eigenvalue weighted by Gasteiger charge is -2.07. The third-order valence-corrected chi connectivity index (χ3v) is 3.45. The van der Waals surface area contributed by atoms with E-state index in [-0.39, 0.29) is 22.4 Å². The molecule has 2 rings (SSSR count). The van der Waals surface area contributed by atoms with Crippen molar-refractivity contribution in [2.24, 2.45) is 5.92 Å². The van der Waals surface area contributed by atoms with Gasteiger partial charge in [0.05, 0.1) is 9.95 Å². The predicted molar refractivity (Wildman–Crippen MR) is 68.5 cm³/mol. The van der Waals surface area contributed by atoms with Gasteiger partial charge in [-0.1, -0.05) is 24.9 Å². The zero-order valence-corrected chi connectivity index (χ0v) is 10.7. The van der Waals surface area contributed by atoms with Crippen molar-refractivity contribution in [1.29, 1.82) is 0 Å². The molecule has 1 aromatic rings. The van der Waals surface area contributed by atoms with Crippen LogP contribution in [0.4, 0.5) is 15.8 Å². The minimum absolute atomic E-state index is 0.177. The Kier molecular flexibility index (Phi) is 3.71. The van der Waals surface area contributed by atoms with Crippen molar-refractivity contribution < 1.29 is 9.31 Å². The van der Waals surface area contributed by atoms with E-state index >= 15 is 0 Å². The summed E-state index contributed by atoms with van der Waals surface area (Å²) in [6.07, 6.45) is 3.15. The molecule has 1 aliphatic carbocycles. The van der Waals surface area contributed by atoms with Crippen molar-refractivity contribution in [2.45, 2.75) is 32.2 Å². The van der Waals surface area contributed by atoms with E-state index in [1.165, 1.54) is 0 Å². The second-order valence-corrected chi connectivity index (χ2v) is 4.98. The summed E-state index contributed by atoms with van der Waals surface area (Å²) in [7, 11) is 0. The van der Waals surface area contributed by atoms with E-state index in [9.17, 15) is 14.5 Å². The molecule has 0 spiro atoms. The first-order chi connectivity index (χ1) is 8.52. The first-order valence-electron chi connectivity index (χ1n) is 5.93. The minimum Gasteiger partial charge on any atom is -0.376 e. The van der Waals surface area contributed by atoms with Gasteiger partial charge in [0.2, 0.25) is 0 Å². The Morgan fingerprint density at radius 1 is 1.61 bits per heavy atom. The fourth-order valence-electron chi connectivity index (χ4n) is 2.12. The first kappa shape index (κ1) is 13.1. The number of rotatable bonds is 5. The zero-order valence-electron chi connectivity index (χ0n) is 9.95. The Bertz CT molecular complexity index is 481. The Morgan fingerprint density at radius 3 is 2.94 bits per heavy atom. The summed E-state index contributed by atoms with van der Waals surface area (Å²) in [6, 6.07) is 2.36. The molecule has 0 aliphatic heterocycles. The number of nitro groups is 1. The highest BCUT2D eigenvalue weighted by atomic mass is 35.5. The van der Waals surface area contributed by atoms with E-state index in [4.69, 9.17) is 11.6 Å². The molecule has 1 saturated carbocycles. The van der Waals surface area contributed by atoms with Crippen LogP contribution in [-0.4, -0.2) is 11.0 Å². The summed E-state index contributed by atoms with van der Waals surface area (Å²) >= 11 is 5.55.